The minimum absolute atomic E-state index is 0.114. The first-order valence-corrected chi connectivity index (χ1v) is 6.63. The van der Waals surface area contributed by atoms with Crippen molar-refractivity contribution in [3.05, 3.63) is 0 Å². The van der Waals surface area contributed by atoms with E-state index in [2.05, 4.69) is 5.32 Å². The van der Waals surface area contributed by atoms with E-state index >= 15 is 0 Å². The van der Waals surface area contributed by atoms with E-state index in [4.69, 9.17) is 5.11 Å². The summed E-state index contributed by atoms with van der Waals surface area (Å²) in [5.74, 6) is -0.748. The first-order chi connectivity index (χ1) is 8.33. The second-order valence-electron chi connectivity index (χ2n) is 5.01. The fraction of sp³-hybridized carbons (Fsp3) is 0.846. The maximum atomic E-state index is 12.0. The average Bonchev–Trinajstić information content (AvgIpc) is 2.27. The lowest BCUT2D eigenvalue weighted by atomic mass is 10.0. The van der Waals surface area contributed by atoms with Crippen LogP contribution in [-0.4, -0.2) is 40.6 Å². The number of carboxylic acids is 1. The van der Waals surface area contributed by atoms with Crippen molar-refractivity contribution >= 4 is 12.0 Å². The summed E-state index contributed by atoms with van der Waals surface area (Å²) in [5, 5.41) is 11.7. The molecular weight excluding hydrogens is 232 g/mol. The molecule has 0 heterocycles. The molecule has 0 radical (unpaired) electrons. The number of aliphatic carboxylic acids is 1. The number of rotatable bonds is 7. The van der Waals surface area contributed by atoms with Gasteiger partial charge in [-0.25, -0.2) is 9.59 Å². The van der Waals surface area contributed by atoms with E-state index in [9.17, 15) is 9.59 Å². The van der Waals surface area contributed by atoms with Gasteiger partial charge in [0, 0.05) is 12.6 Å². The van der Waals surface area contributed by atoms with Gasteiger partial charge in [-0.2, -0.15) is 0 Å². The van der Waals surface area contributed by atoms with E-state index in [1.54, 1.807) is 4.90 Å². The molecule has 2 atom stereocenters. The van der Waals surface area contributed by atoms with E-state index < -0.39 is 12.0 Å². The first kappa shape index (κ1) is 16.7. The predicted molar refractivity (Wildman–Crippen MR) is 71.5 cm³/mol. The lowest BCUT2D eigenvalue weighted by molar-refractivity contribution is -0.139. The van der Waals surface area contributed by atoms with Gasteiger partial charge in [-0.15, -0.1) is 0 Å². The lowest BCUT2D eigenvalue weighted by Crippen LogP contribution is -2.50. The van der Waals surface area contributed by atoms with E-state index in [1.807, 2.05) is 34.6 Å². The summed E-state index contributed by atoms with van der Waals surface area (Å²) in [6.07, 6.45) is 1.29. The zero-order chi connectivity index (χ0) is 14.3. The Labute approximate surface area is 110 Å². The van der Waals surface area contributed by atoms with Gasteiger partial charge in [-0.05, 0) is 32.6 Å². The van der Waals surface area contributed by atoms with Gasteiger partial charge in [-0.1, -0.05) is 20.8 Å². The van der Waals surface area contributed by atoms with Gasteiger partial charge in [-0.3, -0.25) is 0 Å². The minimum Gasteiger partial charge on any atom is -0.480 e. The molecule has 2 N–H and O–H groups in total. The van der Waals surface area contributed by atoms with Gasteiger partial charge in [0.25, 0.3) is 0 Å². The fourth-order valence-electron chi connectivity index (χ4n) is 1.80. The molecule has 0 saturated heterocycles. The van der Waals surface area contributed by atoms with Crippen molar-refractivity contribution in [2.45, 2.75) is 59.5 Å². The molecule has 106 valence electrons. The predicted octanol–water partition coefficient (Wildman–Crippen LogP) is 2.32. The number of hydrogen-bond donors (Lipinski definition) is 2. The van der Waals surface area contributed by atoms with Crippen molar-refractivity contribution in [2.75, 3.05) is 6.54 Å². The van der Waals surface area contributed by atoms with Crippen LogP contribution in [0.4, 0.5) is 4.79 Å². The molecule has 5 nitrogen and oxygen atoms in total. The SMILES string of the molecule is CCC(C)N(CC)C(=O)N[C@@H](CC(C)C)C(=O)O. The van der Waals surface area contributed by atoms with Crippen LogP contribution in [0.25, 0.3) is 0 Å². The highest BCUT2D eigenvalue weighted by Gasteiger charge is 2.25. The smallest absolute Gasteiger partial charge is 0.326 e. The Morgan fingerprint density at radius 2 is 1.78 bits per heavy atom. The van der Waals surface area contributed by atoms with Crippen LogP contribution >= 0.6 is 0 Å². The Hall–Kier alpha value is -1.26. The average molecular weight is 258 g/mol. The Kier molecular flexibility index (Phi) is 7.39. The summed E-state index contributed by atoms with van der Waals surface area (Å²) in [4.78, 5) is 24.8. The lowest BCUT2D eigenvalue weighted by Gasteiger charge is -2.29. The summed E-state index contributed by atoms with van der Waals surface area (Å²) in [6, 6.07) is -0.987. The molecule has 0 aliphatic carbocycles. The molecule has 0 bridgehead atoms. The van der Waals surface area contributed by atoms with Crippen LogP contribution < -0.4 is 5.32 Å². The van der Waals surface area contributed by atoms with Crippen molar-refractivity contribution in [1.29, 1.82) is 0 Å². The van der Waals surface area contributed by atoms with Crippen LogP contribution in [0.15, 0.2) is 0 Å². The van der Waals surface area contributed by atoms with Gasteiger partial charge in [0.1, 0.15) is 6.04 Å². The number of carbonyl (C=O) groups is 2. The second kappa shape index (κ2) is 7.95. The summed E-state index contributed by atoms with van der Waals surface area (Å²) in [5.41, 5.74) is 0. The molecule has 0 aliphatic rings. The molecule has 0 rings (SSSR count). The quantitative estimate of drug-likeness (QED) is 0.736. The molecule has 0 aromatic rings. The second-order valence-corrected chi connectivity index (χ2v) is 5.01. The van der Waals surface area contributed by atoms with Crippen LogP contribution in [-0.2, 0) is 4.79 Å². The number of nitrogens with one attached hydrogen (secondary N) is 1. The van der Waals surface area contributed by atoms with Gasteiger partial charge in [0.05, 0.1) is 0 Å². The topological polar surface area (TPSA) is 69.6 Å². The summed E-state index contributed by atoms with van der Waals surface area (Å²) >= 11 is 0. The van der Waals surface area contributed by atoms with Crippen molar-refractivity contribution in [3.63, 3.8) is 0 Å². The van der Waals surface area contributed by atoms with Crippen LogP contribution in [0.5, 0.6) is 0 Å². The molecule has 0 fully saturated rings. The molecule has 0 saturated carbocycles. The molecular formula is C13H26N2O3. The highest BCUT2D eigenvalue weighted by atomic mass is 16.4. The van der Waals surface area contributed by atoms with Crippen LogP contribution in [0.3, 0.4) is 0 Å². The highest BCUT2D eigenvalue weighted by molar-refractivity contribution is 5.82. The fourth-order valence-corrected chi connectivity index (χ4v) is 1.80. The number of carbonyl (C=O) groups excluding carboxylic acids is 1. The molecule has 2 amide bonds. The van der Waals surface area contributed by atoms with Crippen molar-refractivity contribution in [1.82, 2.24) is 10.2 Å². The van der Waals surface area contributed by atoms with Gasteiger partial charge in [0.15, 0.2) is 0 Å². The molecule has 0 aliphatic heterocycles. The van der Waals surface area contributed by atoms with Gasteiger partial charge >= 0.3 is 12.0 Å². The van der Waals surface area contributed by atoms with E-state index in [-0.39, 0.29) is 18.0 Å². The number of urea groups is 1. The van der Waals surface area contributed by atoms with E-state index in [1.165, 1.54) is 0 Å². The maximum Gasteiger partial charge on any atom is 0.326 e. The Morgan fingerprint density at radius 1 is 1.22 bits per heavy atom. The normalized spacial score (nSPS) is 14.1. The summed E-state index contributed by atoms with van der Waals surface area (Å²) in [6.45, 7) is 10.3. The zero-order valence-electron chi connectivity index (χ0n) is 12.1. The Morgan fingerprint density at radius 3 is 2.11 bits per heavy atom. The monoisotopic (exact) mass is 258 g/mol. The molecule has 0 aromatic carbocycles. The standard InChI is InChI=1S/C13H26N2O3/c1-6-10(5)15(7-2)13(18)14-11(12(16)17)8-9(3)4/h9-11H,6-8H2,1-5H3,(H,14,18)(H,16,17)/t10?,11-/m0/s1. The largest absolute Gasteiger partial charge is 0.480 e. The van der Waals surface area contributed by atoms with E-state index in [0.29, 0.717) is 13.0 Å². The number of amides is 2. The molecule has 1 unspecified atom stereocenters. The number of carboxylic acid groups (broad SMARTS) is 1. The van der Waals surface area contributed by atoms with Crippen LogP contribution in [0.2, 0.25) is 0 Å². The van der Waals surface area contributed by atoms with Gasteiger partial charge in [0.2, 0.25) is 0 Å². The van der Waals surface area contributed by atoms with Crippen LogP contribution in [0, 0.1) is 5.92 Å². The molecule has 18 heavy (non-hydrogen) atoms. The maximum absolute atomic E-state index is 12.0. The third kappa shape index (κ3) is 5.38. The third-order valence-corrected chi connectivity index (χ3v) is 3.03. The minimum atomic E-state index is -0.975. The molecule has 0 spiro atoms. The van der Waals surface area contributed by atoms with Crippen molar-refractivity contribution in [2.24, 2.45) is 5.92 Å². The summed E-state index contributed by atoms with van der Waals surface area (Å²) < 4.78 is 0. The first-order valence-electron chi connectivity index (χ1n) is 6.63. The van der Waals surface area contributed by atoms with E-state index in [0.717, 1.165) is 6.42 Å². The summed E-state index contributed by atoms with van der Waals surface area (Å²) in [7, 11) is 0. The van der Waals surface area contributed by atoms with Crippen LogP contribution in [0.1, 0.15) is 47.5 Å². The third-order valence-electron chi connectivity index (χ3n) is 3.03. The van der Waals surface area contributed by atoms with Crippen molar-refractivity contribution in [3.8, 4) is 0 Å². The molecule has 5 heteroatoms. The molecule has 0 aromatic heterocycles. The van der Waals surface area contributed by atoms with Crippen molar-refractivity contribution < 1.29 is 14.7 Å². The highest BCUT2D eigenvalue weighted by Crippen LogP contribution is 2.08. The Balaban J connectivity index is 4.61. The van der Waals surface area contributed by atoms with Gasteiger partial charge < -0.3 is 15.3 Å². The number of hydrogen-bond acceptors (Lipinski definition) is 2. The number of nitrogens with zero attached hydrogens (tertiary/aromatic N) is 1. The Bertz CT molecular complexity index is 279. The zero-order valence-corrected chi connectivity index (χ0v) is 12.1.